The first-order valence-electron chi connectivity index (χ1n) is 5.17. The fourth-order valence-corrected chi connectivity index (χ4v) is 2.38. The van der Waals surface area contributed by atoms with Gasteiger partial charge in [-0.2, -0.15) is 0 Å². The molecule has 2 heterocycles. The normalized spacial score (nSPS) is 18.4. The highest BCUT2D eigenvalue weighted by Crippen LogP contribution is 2.21. The molecule has 0 spiro atoms. The van der Waals surface area contributed by atoms with E-state index in [1.807, 2.05) is 6.20 Å². The molecule has 0 aliphatic carbocycles. The van der Waals surface area contributed by atoms with Crippen molar-refractivity contribution in [3.8, 4) is 0 Å². The average Bonchev–Trinajstić information content (AvgIpc) is 2.67. The van der Waals surface area contributed by atoms with Crippen molar-refractivity contribution in [2.24, 2.45) is 0 Å². The number of thiazole rings is 1. The van der Waals surface area contributed by atoms with Gasteiger partial charge in [0.05, 0.1) is 0 Å². The summed E-state index contributed by atoms with van der Waals surface area (Å²) in [5, 5.41) is 4.53. The van der Waals surface area contributed by atoms with Crippen LogP contribution >= 0.6 is 11.3 Å². The molecule has 1 aliphatic heterocycles. The minimum Gasteiger partial charge on any atom is -0.381 e. The standard InChI is InChI=1S/C10H16N2OS/c1-2-9-7-11-10(14-9)12-8-3-5-13-6-4-8/h7-8H,2-6H2,1H3,(H,11,12). The monoisotopic (exact) mass is 212 g/mol. The summed E-state index contributed by atoms with van der Waals surface area (Å²) in [4.78, 5) is 5.69. The molecule has 14 heavy (non-hydrogen) atoms. The van der Waals surface area contributed by atoms with Crippen molar-refractivity contribution in [2.45, 2.75) is 32.2 Å². The predicted molar refractivity (Wildman–Crippen MR) is 59.0 cm³/mol. The van der Waals surface area contributed by atoms with Crippen molar-refractivity contribution in [3.05, 3.63) is 11.1 Å². The van der Waals surface area contributed by atoms with Crippen molar-refractivity contribution < 1.29 is 4.74 Å². The van der Waals surface area contributed by atoms with E-state index in [0.717, 1.165) is 37.6 Å². The molecule has 0 atom stereocenters. The van der Waals surface area contributed by atoms with Crippen LogP contribution in [0.15, 0.2) is 6.20 Å². The zero-order chi connectivity index (χ0) is 9.80. The van der Waals surface area contributed by atoms with Crippen LogP contribution in [0.1, 0.15) is 24.6 Å². The topological polar surface area (TPSA) is 34.2 Å². The van der Waals surface area contributed by atoms with Crippen LogP contribution in [0.4, 0.5) is 5.13 Å². The molecule has 1 aromatic rings. The summed E-state index contributed by atoms with van der Waals surface area (Å²) >= 11 is 1.76. The first-order valence-corrected chi connectivity index (χ1v) is 5.99. The van der Waals surface area contributed by atoms with Crippen molar-refractivity contribution in [2.75, 3.05) is 18.5 Å². The van der Waals surface area contributed by atoms with E-state index in [-0.39, 0.29) is 0 Å². The van der Waals surface area contributed by atoms with Gasteiger partial charge in [0, 0.05) is 30.3 Å². The van der Waals surface area contributed by atoms with Crippen LogP contribution in [0.3, 0.4) is 0 Å². The minimum atomic E-state index is 0.555. The highest BCUT2D eigenvalue weighted by atomic mass is 32.1. The van der Waals surface area contributed by atoms with Crippen LogP contribution in [0.25, 0.3) is 0 Å². The van der Waals surface area contributed by atoms with Gasteiger partial charge in [0.2, 0.25) is 0 Å². The van der Waals surface area contributed by atoms with Crippen LogP contribution in [0.2, 0.25) is 0 Å². The van der Waals surface area contributed by atoms with Crippen LogP contribution in [0, 0.1) is 0 Å². The van der Waals surface area contributed by atoms with Crippen LogP contribution in [-0.2, 0) is 11.2 Å². The van der Waals surface area contributed by atoms with Gasteiger partial charge in [-0.1, -0.05) is 6.92 Å². The second-order valence-corrected chi connectivity index (χ2v) is 4.63. The molecule has 1 N–H and O–H groups in total. The quantitative estimate of drug-likeness (QED) is 0.834. The first-order chi connectivity index (χ1) is 6.88. The number of nitrogens with zero attached hydrogens (tertiary/aromatic N) is 1. The summed E-state index contributed by atoms with van der Waals surface area (Å²) in [6.45, 7) is 3.92. The number of aryl methyl sites for hydroxylation is 1. The molecule has 1 aliphatic rings. The summed E-state index contributed by atoms with van der Waals surface area (Å²) < 4.78 is 5.31. The smallest absolute Gasteiger partial charge is 0.183 e. The molecule has 1 saturated heterocycles. The van der Waals surface area contributed by atoms with Gasteiger partial charge in [0.15, 0.2) is 5.13 Å². The number of hydrogen-bond acceptors (Lipinski definition) is 4. The zero-order valence-electron chi connectivity index (χ0n) is 8.45. The van der Waals surface area contributed by atoms with Gasteiger partial charge in [-0.05, 0) is 19.3 Å². The van der Waals surface area contributed by atoms with Gasteiger partial charge < -0.3 is 10.1 Å². The Bertz CT molecular complexity index is 281. The van der Waals surface area contributed by atoms with E-state index >= 15 is 0 Å². The maximum absolute atomic E-state index is 5.31. The number of hydrogen-bond donors (Lipinski definition) is 1. The Hall–Kier alpha value is -0.610. The second-order valence-electron chi connectivity index (χ2n) is 3.52. The molecule has 4 heteroatoms. The van der Waals surface area contributed by atoms with Gasteiger partial charge in [-0.15, -0.1) is 11.3 Å². The van der Waals surface area contributed by atoms with Gasteiger partial charge in [0.25, 0.3) is 0 Å². The van der Waals surface area contributed by atoms with Crippen LogP contribution in [0.5, 0.6) is 0 Å². The third-order valence-electron chi connectivity index (χ3n) is 2.45. The maximum Gasteiger partial charge on any atom is 0.183 e. The summed E-state index contributed by atoms with van der Waals surface area (Å²) in [6, 6.07) is 0.555. The first kappa shape index (κ1) is 9.93. The number of aromatic nitrogens is 1. The lowest BCUT2D eigenvalue weighted by atomic mass is 10.1. The fraction of sp³-hybridized carbons (Fsp3) is 0.700. The van der Waals surface area contributed by atoms with Gasteiger partial charge in [-0.3, -0.25) is 0 Å². The van der Waals surface area contributed by atoms with E-state index < -0.39 is 0 Å². The number of rotatable bonds is 3. The summed E-state index contributed by atoms with van der Waals surface area (Å²) in [7, 11) is 0. The average molecular weight is 212 g/mol. The van der Waals surface area contributed by atoms with E-state index in [1.54, 1.807) is 11.3 Å². The Morgan fingerprint density at radius 3 is 3.00 bits per heavy atom. The van der Waals surface area contributed by atoms with Gasteiger partial charge >= 0.3 is 0 Å². The summed E-state index contributed by atoms with van der Waals surface area (Å²) in [5.41, 5.74) is 0. The Morgan fingerprint density at radius 1 is 1.57 bits per heavy atom. The van der Waals surface area contributed by atoms with E-state index in [9.17, 15) is 0 Å². The number of ether oxygens (including phenoxy) is 1. The molecule has 2 rings (SSSR count). The summed E-state index contributed by atoms with van der Waals surface area (Å²) in [5.74, 6) is 0. The van der Waals surface area contributed by atoms with E-state index in [1.165, 1.54) is 4.88 Å². The molecular weight excluding hydrogens is 196 g/mol. The highest BCUT2D eigenvalue weighted by Gasteiger charge is 2.14. The minimum absolute atomic E-state index is 0.555. The Balaban J connectivity index is 1.89. The lowest BCUT2D eigenvalue weighted by molar-refractivity contribution is 0.0904. The van der Waals surface area contributed by atoms with Crippen LogP contribution in [-0.4, -0.2) is 24.2 Å². The van der Waals surface area contributed by atoms with Crippen molar-refractivity contribution >= 4 is 16.5 Å². The molecule has 0 aromatic carbocycles. The van der Waals surface area contributed by atoms with Gasteiger partial charge in [-0.25, -0.2) is 4.98 Å². The molecule has 0 unspecified atom stereocenters. The van der Waals surface area contributed by atoms with E-state index in [0.29, 0.717) is 6.04 Å². The largest absolute Gasteiger partial charge is 0.381 e. The Morgan fingerprint density at radius 2 is 2.36 bits per heavy atom. The predicted octanol–water partition coefficient (Wildman–Crippen LogP) is 2.30. The fourth-order valence-electron chi connectivity index (χ4n) is 1.55. The third kappa shape index (κ3) is 2.45. The Kier molecular flexibility index (Phi) is 3.37. The van der Waals surface area contributed by atoms with Crippen molar-refractivity contribution in [1.29, 1.82) is 0 Å². The van der Waals surface area contributed by atoms with Crippen molar-refractivity contribution in [3.63, 3.8) is 0 Å². The third-order valence-corrected chi connectivity index (χ3v) is 3.52. The molecule has 0 saturated carbocycles. The molecule has 1 fully saturated rings. The van der Waals surface area contributed by atoms with E-state index in [4.69, 9.17) is 4.74 Å². The molecule has 1 aromatic heterocycles. The SMILES string of the molecule is CCc1cnc(NC2CCOCC2)s1. The molecule has 0 amide bonds. The maximum atomic E-state index is 5.31. The summed E-state index contributed by atoms with van der Waals surface area (Å²) in [6.07, 6.45) is 5.24. The molecule has 0 radical (unpaired) electrons. The van der Waals surface area contributed by atoms with E-state index in [2.05, 4.69) is 17.2 Å². The molecule has 78 valence electrons. The van der Waals surface area contributed by atoms with Gasteiger partial charge in [0.1, 0.15) is 0 Å². The van der Waals surface area contributed by atoms with Crippen molar-refractivity contribution in [1.82, 2.24) is 4.98 Å². The molecule has 0 bridgehead atoms. The number of nitrogens with one attached hydrogen (secondary N) is 1. The Labute approximate surface area is 88.5 Å². The molecule has 3 nitrogen and oxygen atoms in total. The lowest BCUT2D eigenvalue weighted by Gasteiger charge is -2.22. The zero-order valence-corrected chi connectivity index (χ0v) is 9.27. The molecular formula is C10H16N2OS. The van der Waals surface area contributed by atoms with Crippen LogP contribution < -0.4 is 5.32 Å². The number of anilines is 1. The highest BCUT2D eigenvalue weighted by molar-refractivity contribution is 7.15. The second kappa shape index (κ2) is 4.75. The lowest BCUT2D eigenvalue weighted by Crippen LogP contribution is -2.27.